The molecule has 14 heavy (non-hydrogen) atoms. The Labute approximate surface area is 84.3 Å². The van der Waals surface area contributed by atoms with Crippen LogP contribution in [0.25, 0.3) is 0 Å². The van der Waals surface area contributed by atoms with Gasteiger partial charge in [-0.2, -0.15) is 0 Å². The van der Waals surface area contributed by atoms with E-state index in [1.807, 2.05) is 6.92 Å². The predicted molar refractivity (Wildman–Crippen MR) is 53.5 cm³/mol. The number of esters is 1. The third-order valence-corrected chi connectivity index (χ3v) is 3.37. The van der Waals surface area contributed by atoms with Gasteiger partial charge in [-0.3, -0.25) is 4.79 Å². The number of hydrogen-bond donors (Lipinski definition) is 1. The number of carbonyl (C=O) groups is 1. The van der Waals surface area contributed by atoms with Crippen LogP contribution in [0.1, 0.15) is 19.8 Å². The zero-order valence-electron chi connectivity index (χ0n) is 8.48. The molecule has 3 heteroatoms. The lowest BCUT2D eigenvalue weighted by atomic mass is 9.66. The first-order valence-electron chi connectivity index (χ1n) is 5.34. The first-order valence-corrected chi connectivity index (χ1v) is 5.34. The highest BCUT2D eigenvalue weighted by Gasteiger charge is 2.43. The van der Waals surface area contributed by atoms with Crippen molar-refractivity contribution in [1.82, 2.24) is 0 Å². The fourth-order valence-corrected chi connectivity index (χ4v) is 2.60. The molecule has 3 aliphatic rings. The fourth-order valence-electron chi connectivity index (χ4n) is 2.60. The lowest BCUT2D eigenvalue weighted by Gasteiger charge is -2.41. The molecule has 4 atom stereocenters. The smallest absolute Gasteiger partial charge is 0.311 e. The van der Waals surface area contributed by atoms with Crippen molar-refractivity contribution in [1.29, 1.82) is 0 Å². The van der Waals surface area contributed by atoms with Crippen molar-refractivity contribution >= 4 is 5.97 Å². The lowest BCUT2D eigenvalue weighted by molar-refractivity contribution is -0.152. The Kier molecular flexibility index (Phi) is 2.59. The summed E-state index contributed by atoms with van der Waals surface area (Å²) >= 11 is 0. The van der Waals surface area contributed by atoms with Gasteiger partial charge in [0.2, 0.25) is 0 Å². The highest BCUT2D eigenvalue weighted by atomic mass is 16.5. The second-order valence-corrected chi connectivity index (χ2v) is 4.15. The summed E-state index contributed by atoms with van der Waals surface area (Å²) in [5, 5.41) is 0. The number of ether oxygens (including phenoxy) is 1. The predicted octanol–water partition coefficient (Wildman–Crippen LogP) is 1.09. The number of hydrogen-bond acceptors (Lipinski definition) is 3. The summed E-state index contributed by atoms with van der Waals surface area (Å²) in [6, 6.07) is -0.0298. The third-order valence-electron chi connectivity index (χ3n) is 3.37. The van der Waals surface area contributed by atoms with Crippen LogP contribution in [0.3, 0.4) is 0 Å². The number of carbonyl (C=O) groups excluding carboxylic acids is 1. The average molecular weight is 195 g/mol. The molecule has 0 aliphatic heterocycles. The lowest BCUT2D eigenvalue weighted by Crippen LogP contribution is -2.50. The molecular weight excluding hydrogens is 178 g/mol. The van der Waals surface area contributed by atoms with Crippen molar-refractivity contribution in [2.45, 2.75) is 25.8 Å². The molecule has 4 unspecified atom stereocenters. The maximum absolute atomic E-state index is 11.7. The summed E-state index contributed by atoms with van der Waals surface area (Å²) in [6.07, 6.45) is 6.50. The Bertz CT molecular complexity index is 262. The Morgan fingerprint density at radius 1 is 1.43 bits per heavy atom. The van der Waals surface area contributed by atoms with Gasteiger partial charge in [-0.15, -0.1) is 0 Å². The van der Waals surface area contributed by atoms with Gasteiger partial charge in [-0.05, 0) is 31.6 Å². The summed E-state index contributed by atoms with van der Waals surface area (Å²) in [6.45, 7) is 2.28. The van der Waals surface area contributed by atoms with Gasteiger partial charge in [-0.25, -0.2) is 0 Å². The Hall–Kier alpha value is -0.830. The van der Waals surface area contributed by atoms with Gasteiger partial charge in [0.25, 0.3) is 0 Å². The van der Waals surface area contributed by atoms with E-state index in [2.05, 4.69) is 12.2 Å². The molecule has 1 saturated carbocycles. The monoisotopic (exact) mass is 195 g/mol. The van der Waals surface area contributed by atoms with Gasteiger partial charge < -0.3 is 10.5 Å². The van der Waals surface area contributed by atoms with Crippen LogP contribution in [0.5, 0.6) is 0 Å². The van der Waals surface area contributed by atoms with Crippen LogP contribution < -0.4 is 5.73 Å². The van der Waals surface area contributed by atoms with Crippen molar-refractivity contribution < 1.29 is 9.53 Å². The van der Waals surface area contributed by atoms with Crippen LogP contribution in [0.4, 0.5) is 0 Å². The zero-order valence-corrected chi connectivity index (χ0v) is 8.48. The first kappa shape index (κ1) is 9.71. The van der Waals surface area contributed by atoms with Crippen molar-refractivity contribution in [3.63, 3.8) is 0 Å². The number of nitrogens with two attached hydrogens (primary N) is 1. The maximum atomic E-state index is 11.7. The van der Waals surface area contributed by atoms with Crippen LogP contribution in [0, 0.1) is 17.8 Å². The molecule has 0 radical (unpaired) electrons. The molecule has 3 nitrogen and oxygen atoms in total. The molecule has 2 N–H and O–H groups in total. The van der Waals surface area contributed by atoms with E-state index < -0.39 is 0 Å². The molecule has 1 fully saturated rings. The van der Waals surface area contributed by atoms with Crippen LogP contribution in [0.15, 0.2) is 12.2 Å². The molecule has 3 rings (SSSR count). The van der Waals surface area contributed by atoms with Crippen molar-refractivity contribution in [2.24, 2.45) is 23.5 Å². The minimum absolute atomic E-state index is 0.0298. The fraction of sp³-hybridized carbons (Fsp3) is 0.727. The minimum Gasteiger partial charge on any atom is -0.466 e. The Balaban J connectivity index is 2.12. The number of rotatable bonds is 2. The molecule has 3 aliphatic carbocycles. The number of allylic oxidation sites excluding steroid dienone is 1. The van der Waals surface area contributed by atoms with E-state index in [1.54, 1.807) is 0 Å². The molecular formula is C11H17NO2. The van der Waals surface area contributed by atoms with Crippen molar-refractivity contribution in [2.75, 3.05) is 6.61 Å². The van der Waals surface area contributed by atoms with Crippen molar-refractivity contribution in [3.8, 4) is 0 Å². The standard InChI is InChI=1S/C11H17NO2/c1-2-14-11(13)9-7-3-5-8(6-4-7)10(9)12/h3,5,7-10H,2,4,6,12H2,1H3. The molecule has 0 aromatic rings. The zero-order chi connectivity index (χ0) is 10.1. The van der Waals surface area contributed by atoms with Crippen LogP contribution >= 0.6 is 0 Å². The van der Waals surface area contributed by atoms with E-state index in [9.17, 15) is 4.79 Å². The van der Waals surface area contributed by atoms with Crippen LogP contribution in [-0.4, -0.2) is 18.6 Å². The first-order chi connectivity index (χ1) is 6.74. The largest absolute Gasteiger partial charge is 0.466 e. The van der Waals surface area contributed by atoms with Gasteiger partial charge in [0.05, 0.1) is 12.5 Å². The SMILES string of the molecule is CCOC(=O)C1C2C=CC(CC2)C1N. The molecule has 0 amide bonds. The quantitative estimate of drug-likeness (QED) is 0.530. The molecule has 78 valence electrons. The van der Waals surface area contributed by atoms with Gasteiger partial charge in [-0.1, -0.05) is 12.2 Å². The summed E-state index contributed by atoms with van der Waals surface area (Å²) < 4.78 is 5.05. The second kappa shape index (κ2) is 3.73. The van der Waals surface area contributed by atoms with E-state index in [0.29, 0.717) is 18.4 Å². The minimum atomic E-state index is -0.112. The highest BCUT2D eigenvalue weighted by Crippen LogP contribution is 2.40. The van der Waals surface area contributed by atoms with E-state index in [0.717, 1.165) is 12.8 Å². The molecule has 2 bridgehead atoms. The van der Waals surface area contributed by atoms with E-state index >= 15 is 0 Å². The van der Waals surface area contributed by atoms with Gasteiger partial charge in [0.1, 0.15) is 0 Å². The normalized spacial score (nSPS) is 39.9. The number of fused-ring (bicyclic) bond motifs is 2. The summed E-state index contributed by atoms with van der Waals surface area (Å²) in [5.74, 6) is 0.487. The van der Waals surface area contributed by atoms with Gasteiger partial charge >= 0.3 is 5.97 Å². The van der Waals surface area contributed by atoms with E-state index in [1.165, 1.54) is 0 Å². The topological polar surface area (TPSA) is 52.3 Å². The van der Waals surface area contributed by atoms with E-state index in [4.69, 9.17) is 10.5 Å². The van der Waals surface area contributed by atoms with Gasteiger partial charge in [0, 0.05) is 6.04 Å². The summed E-state index contributed by atoms with van der Waals surface area (Å²) in [7, 11) is 0. The summed E-state index contributed by atoms with van der Waals surface area (Å²) in [4.78, 5) is 11.7. The molecule has 0 saturated heterocycles. The van der Waals surface area contributed by atoms with Crippen molar-refractivity contribution in [3.05, 3.63) is 12.2 Å². The molecule has 0 heterocycles. The Morgan fingerprint density at radius 3 is 2.57 bits per heavy atom. The molecule has 0 spiro atoms. The van der Waals surface area contributed by atoms with Gasteiger partial charge in [0.15, 0.2) is 0 Å². The summed E-state index contributed by atoms with van der Waals surface area (Å²) in [5.41, 5.74) is 6.04. The maximum Gasteiger partial charge on any atom is 0.311 e. The molecule has 0 aromatic carbocycles. The average Bonchev–Trinajstić information content (AvgIpc) is 2.19. The second-order valence-electron chi connectivity index (χ2n) is 4.15. The third kappa shape index (κ3) is 1.46. The Morgan fingerprint density at radius 2 is 2.07 bits per heavy atom. The van der Waals surface area contributed by atoms with Crippen LogP contribution in [-0.2, 0) is 9.53 Å². The van der Waals surface area contributed by atoms with Crippen LogP contribution in [0.2, 0.25) is 0 Å². The van der Waals surface area contributed by atoms with E-state index in [-0.39, 0.29) is 17.9 Å². The highest BCUT2D eigenvalue weighted by molar-refractivity contribution is 5.74. The molecule has 0 aromatic heterocycles.